The molecule has 0 aliphatic carbocycles. The lowest BCUT2D eigenvalue weighted by molar-refractivity contribution is 0.186. The molecule has 41 heavy (non-hydrogen) atoms. The average molecular weight is 664 g/mol. The van der Waals surface area contributed by atoms with Crippen LogP contribution in [-0.2, 0) is 24.3 Å². The molecule has 3 heterocycles. The van der Waals surface area contributed by atoms with Crippen molar-refractivity contribution in [3.63, 3.8) is 0 Å². The number of nitrogens with zero attached hydrogens (tertiary/aromatic N) is 4. The molecule has 0 atom stereocenters. The van der Waals surface area contributed by atoms with Gasteiger partial charge < -0.3 is 0 Å². The molecule has 1 saturated heterocycles. The van der Waals surface area contributed by atoms with Crippen LogP contribution in [0.25, 0.3) is 11.3 Å². The zero-order chi connectivity index (χ0) is 30.5. The molecule has 2 aromatic heterocycles. The topological polar surface area (TPSA) is 130 Å². The van der Waals surface area contributed by atoms with E-state index in [1.807, 2.05) is 20.8 Å². The summed E-state index contributed by atoms with van der Waals surface area (Å²) in [5.74, 6) is 0. The summed E-state index contributed by atoms with van der Waals surface area (Å²) in [5.41, 5.74) is 1.70. The average Bonchev–Trinajstić information content (AvgIpc) is 2.91. The number of pyridine rings is 2. The molecule has 3 aromatic rings. The third kappa shape index (κ3) is 9.41. The first-order chi connectivity index (χ1) is 19.0. The highest BCUT2D eigenvalue weighted by Crippen LogP contribution is 2.32. The van der Waals surface area contributed by atoms with Crippen molar-refractivity contribution in [2.24, 2.45) is 10.8 Å². The second kappa shape index (κ2) is 13.1. The van der Waals surface area contributed by atoms with Crippen LogP contribution in [0.2, 0.25) is 0 Å². The molecule has 220 valence electrons. The standard InChI is InChI=1S/C19H21N3O2S.C10H14BrNO3S/c1-19(2)11-4-12-22(14-19)25(23,24)18-6-3-5-17(21-18)16-9-7-15(13-20)8-10-16;1-10(2,3)7-15-16(13,14)9-6-4-5-8(11)12-9/h3,5-10H,4,11-12,14H2,1-2H3;4-6H,7H2,1-3H3. The Kier molecular flexibility index (Phi) is 10.5. The van der Waals surface area contributed by atoms with Crippen molar-refractivity contribution in [3.05, 3.63) is 70.8 Å². The van der Waals surface area contributed by atoms with Crippen LogP contribution in [0.3, 0.4) is 0 Å². The zero-order valence-electron chi connectivity index (χ0n) is 23.8. The van der Waals surface area contributed by atoms with Gasteiger partial charge in [-0.15, -0.1) is 0 Å². The highest BCUT2D eigenvalue weighted by molar-refractivity contribution is 9.10. The predicted molar refractivity (Wildman–Crippen MR) is 161 cm³/mol. The van der Waals surface area contributed by atoms with Gasteiger partial charge in [-0.3, -0.25) is 4.18 Å². The van der Waals surface area contributed by atoms with E-state index in [0.717, 1.165) is 18.4 Å². The Labute approximate surface area is 251 Å². The van der Waals surface area contributed by atoms with Crippen LogP contribution in [0.1, 0.15) is 53.0 Å². The lowest BCUT2D eigenvalue weighted by Gasteiger charge is -2.36. The van der Waals surface area contributed by atoms with Crippen molar-refractivity contribution >= 4 is 36.1 Å². The van der Waals surface area contributed by atoms with Gasteiger partial charge in [0, 0.05) is 18.7 Å². The fourth-order valence-corrected chi connectivity index (χ4v) is 7.15. The zero-order valence-corrected chi connectivity index (χ0v) is 27.1. The van der Waals surface area contributed by atoms with Gasteiger partial charge in [-0.05, 0) is 76.0 Å². The lowest BCUT2D eigenvalue weighted by atomic mass is 9.85. The second-order valence-electron chi connectivity index (χ2n) is 11.7. The van der Waals surface area contributed by atoms with Crippen molar-refractivity contribution in [1.82, 2.24) is 14.3 Å². The molecule has 1 fully saturated rings. The molecular formula is C29H35BrN4O5S2. The molecule has 0 radical (unpaired) electrons. The maximum atomic E-state index is 13.0. The molecule has 1 aliphatic rings. The summed E-state index contributed by atoms with van der Waals surface area (Å²) in [6.07, 6.45) is 1.89. The van der Waals surface area contributed by atoms with E-state index in [0.29, 0.717) is 29.0 Å². The van der Waals surface area contributed by atoms with Crippen molar-refractivity contribution in [2.45, 2.75) is 57.5 Å². The van der Waals surface area contributed by atoms with Gasteiger partial charge in [0.1, 0.15) is 4.60 Å². The van der Waals surface area contributed by atoms with Crippen LogP contribution < -0.4 is 0 Å². The number of halogens is 1. The Balaban J connectivity index is 0.000000250. The summed E-state index contributed by atoms with van der Waals surface area (Å²) < 4.78 is 56.3. The molecule has 0 amide bonds. The fraction of sp³-hybridized carbons (Fsp3) is 0.414. The van der Waals surface area contributed by atoms with E-state index >= 15 is 0 Å². The third-order valence-electron chi connectivity index (χ3n) is 6.10. The smallest absolute Gasteiger partial charge is 0.265 e. The molecule has 0 N–H and O–H groups in total. The summed E-state index contributed by atoms with van der Waals surface area (Å²) in [7, 11) is -7.36. The molecule has 0 spiro atoms. The quantitative estimate of drug-likeness (QED) is 0.231. The van der Waals surface area contributed by atoms with Crippen LogP contribution >= 0.6 is 15.9 Å². The number of hydrogen-bond donors (Lipinski definition) is 0. The SMILES string of the molecule is CC(C)(C)COS(=O)(=O)c1cccc(Br)n1.CC1(C)CCCN(S(=O)(=O)c2cccc(-c3ccc(C#N)cc3)n2)C1. The van der Waals surface area contributed by atoms with Crippen molar-refractivity contribution in [2.75, 3.05) is 19.7 Å². The second-order valence-corrected chi connectivity index (χ2v) is 16.0. The van der Waals surface area contributed by atoms with Crippen molar-refractivity contribution in [1.29, 1.82) is 5.26 Å². The van der Waals surface area contributed by atoms with Crippen LogP contribution in [0.15, 0.2) is 75.3 Å². The van der Waals surface area contributed by atoms with Crippen LogP contribution in [0.5, 0.6) is 0 Å². The summed E-state index contributed by atoms with van der Waals surface area (Å²) in [4.78, 5) is 8.23. The van der Waals surface area contributed by atoms with E-state index in [1.54, 1.807) is 58.9 Å². The number of rotatable bonds is 6. The Bertz CT molecular complexity index is 1610. The Morgan fingerprint density at radius 3 is 2.20 bits per heavy atom. The molecule has 0 unspecified atom stereocenters. The van der Waals surface area contributed by atoms with E-state index in [4.69, 9.17) is 9.44 Å². The van der Waals surface area contributed by atoms with E-state index in [1.165, 1.54) is 6.07 Å². The van der Waals surface area contributed by atoms with Crippen LogP contribution in [-0.4, -0.2) is 50.8 Å². The number of benzene rings is 1. The Morgan fingerprint density at radius 1 is 0.976 bits per heavy atom. The van der Waals surface area contributed by atoms with Crippen LogP contribution in [0.4, 0.5) is 0 Å². The van der Waals surface area contributed by atoms with Gasteiger partial charge in [0.25, 0.3) is 10.0 Å². The summed E-state index contributed by atoms with van der Waals surface area (Å²) in [6.45, 7) is 11.1. The molecule has 9 nitrogen and oxygen atoms in total. The number of sulfonamides is 1. The van der Waals surface area contributed by atoms with Gasteiger partial charge in [-0.1, -0.05) is 58.9 Å². The van der Waals surface area contributed by atoms with E-state index in [2.05, 4.69) is 45.8 Å². The fourth-order valence-electron chi connectivity index (χ4n) is 3.99. The summed E-state index contributed by atoms with van der Waals surface area (Å²) in [6, 6.07) is 18.7. The largest absolute Gasteiger partial charge is 0.314 e. The van der Waals surface area contributed by atoms with Crippen LogP contribution in [0, 0.1) is 22.2 Å². The summed E-state index contributed by atoms with van der Waals surface area (Å²) >= 11 is 3.11. The number of piperidine rings is 1. The maximum absolute atomic E-state index is 13.0. The van der Waals surface area contributed by atoms with Gasteiger partial charge >= 0.3 is 10.1 Å². The highest BCUT2D eigenvalue weighted by Gasteiger charge is 2.34. The predicted octanol–water partition coefficient (Wildman–Crippen LogP) is 6.03. The van der Waals surface area contributed by atoms with Gasteiger partial charge in [0.2, 0.25) is 0 Å². The molecular weight excluding hydrogens is 628 g/mol. The minimum atomic E-state index is -3.76. The van der Waals surface area contributed by atoms with Crippen molar-refractivity contribution in [3.8, 4) is 17.3 Å². The first kappa shape index (κ1) is 32.8. The van der Waals surface area contributed by atoms with E-state index < -0.39 is 20.1 Å². The highest BCUT2D eigenvalue weighted by atomic mass is 79.9. The number of aromatic nitrogens is 2. The molecule has 4 rings (SSSR count). The monoisotopic (exact) mass is 662 g/mol. The summed E-state index contributed by atoms with van der Waals surface area (Å²) in [5, 5.41) is 8.88. The minimum Gasteiger partial charge on any atom is -0.265 e. The Morgan fingerprint density at radius 2 is 1.61 bits per heavy atom. The first-order valence-electron chi connectivity index (χ1n) is 13.0. The third-order valence-corrected chi connectivity index (χ3v) is 9.45. The van der Waals surface area contributed by atoms with Gasteiger partial charge in [0.15, 0.2) is 10.1 Å². The molecule has 1 aliphatic heterocycles. The van der Waals surface area contributed by atoms with Gasteiger partial charge in [-0.2, -0.15) is 18.0 Å². The maximum Gasteiger partial charge on any atom is 0.314 e. The van der Waals surface area contributed by atoms with E-state index in [-0.39, 0.29) is 27.5 Å². The molecule has 0 saturated carbocycles. The number of hydrogen-bond acceptors (Lipinski definition) is 8. The van der Waals surface area contributed by atoms with Gasteiger partial charge in [-0.25, -0.2) is 18.4 Å². The van der Waals surface area contributed by atoms with E-state index in [9.17, 15) is 16.8 Å². The first-order valence-corrected chi connectivity index (χ1v) is 16.7. The molecule has 1 aromatic carbocycles. The molecule has 0 bridgehead atoms. The lowest BCUT2D eigenvalue weighted by Crippen LogP contribution is -2.43. The molecule has 12 heteroatoms. The number of nitriles is 1. The normalized spacial score (nSPS) is 15.8. The van der Waals surface area contributed by atoms with Crippen molar-refractivity contribution < 1.29 is 21.0 Å². The van der Waals surface area contributed by atoms with Gasteiger partial charge in [0.05, 0.1) is 23.9 Å². The Hall–Kier alpha value is -2.69. The minimum absolute atomic E-state index is 0.0178.